The highest BCUT2D eigenvalue weighted by molar-refractivity contribution is 7.85. The first-order valence-electron chi connectivity index (χ1n) is 2.51. The third kappa shape index (κ3) is 28.2. The maximum Gasteiger partial charge on any atom is 0.303 e. The van der Waals surface area contributed by atoms with Crippen molar-refractivity contribution in [1.82, 2.24) is 0 Å². The number of nitriles is 1. The normalized spacial score (nSPS) is 6.91. The maximum absolute atomic E-state index is 9.64. The molecule has 0 aromatic rings. The molecule has 0 unspecified atom stereocenters. The zero-order valence-corrected chi connectivity index (χ0v) is 6.41. The van der Waals surface area contributed by atoms with E-state index in [0.29, 0.717) is 0 Å². The predicted molar refractivity (Wildman–Crippen MR) is 39.1 cm³/mol. The lowest BCUT2D eigenvalue weighted by atomic mass is 10.3. The van der Waals surface area contributed by atoms with Gasteiger partial charge in [0.25, 0.3) is 0 Å². The van der Waals surface area contributed by atoms with E-state index in [2.05, 4.69) is 12.6 Å². The summed E-state index contributed by atoms with van der Waals surface area (Å²) in [4.78, 5) is 19.3. The number of hydrogen-bond donors (Lipinski definition) is 3. The van der Waals surface area contributed by atoms with Gasteiger partial charge in [-0.25, -0.2) is 0 Å². The molecule has 0 bridgehead atoms. The minimum absolute atomic E-state index is 0.296. The van der Waals surface area contributed by atoms with E-state index < -0.39 is 11.9 Å². The van der Waals surface area contributed by atoms with Gasteiger partial charge in [-0.3, -0.25) is 9.59 Å². The van der Waals surface area contributed by atoms with Crippen LogP contribution in [0.3, 0.4) is 0 Å². The fourth-order valence-electron chi connectivity index (χ4n) is 0.214. The zero-order valence-electron chi connectivity index (χ0n) is 5.52. The highest BCUT2D eigenvalue weighted by Crippen LogP contribution is 1.86. The molecule has 0 saturated carbocycles. The molecule has 0 aliphatic rings. The number of thiol groups is 1. The Balaban J connectivity index is 0. The molecule has 5 nitrogen and oxygen atoms in total. The summed E-state index contributed by atoms with van der Waals surface area (Å²) in [6, 6.07) is 0. The van der Waals surface area contributed by atoms with Crippen LogP contribution in [0.25, 0.3) is 0 Å². The quantitative estimate of drug-likeness (QED) is 0.426. The number of thiocyanates is 1. The van der Waals surface area contributed by atoms with E-state index in [4.69, 9.17) is 15.5 Å². The van der Waals surface area contributed by atoms with Crippen LogP contribution in [-0.2, 0) is 9.59 Å². The van der Waals surface area contributed by atoms with Gasteiger partial charge in [0.05, 0.1) is 12.8 Å². The smallest absolute Gasteiger partial charge is 0.303 e. The number of carbonyl (C=O) groups is 2. The molecule has 0 aromatic carbocycles. The Kier molecular flexibility index (Phi) is 9.94. The third-order valence-corrected chi connectivity index (χ3v) is 0.553. The second-order valence-corrected chi connectivity index (χ2v) is 1.59. The van der Waals surface area contributed by atoms with Crippen molar-refractivity contribution in [2.45, 2.75) is 12.8 Å². The Morgan fingerprint density at radius 2 is 1.45 bits per heavy atom. The van der Waals surface area contributed by atoms with Gasteiger partial charge in [-0.2, -0.15) is 5.26 Å². The van der Waals surface area contributed by atoms with Crippen LogP contribution in [0.1, 0.15) is 12.8 Å². The standard InChI is InChI=1S/C4H6O4.CHNS/c5-3(6)1-2-4(7)8;2-1-3/h1-2H2,(H,5,6)(H,7,8);3H. The molecule has 2 N–H and O–H groups in total. The molecule has 0 amide bonds. The van der Waals surface area contributed by atoms with Crippen molar-refractivity contribution in [1.29, 1.82) is 5.26 Å². The molecule has 0 fully saturated rings. The average Bonchev–Trinajstić information content (AvgIpc) is 1.85. The van der Waals surface area contributed by atoms with Crippen molar-refractivity contribution in [2.24, 2.45) is 0 Å². The van der Waals surface area contributed by atoms with Crippen LogP contribution in [0, 0.1) is 10.7 Å². The van der Waals surface area contributed by atoms with Gasteiger partial charge in [0.15, 0.2) is 0 Å². The fraction of sp³-hybridized carbons (Fsp3) is 0.400. The van der Waals surface area contributed by atoms with Crippen LogP contribution in [0.2, 0.25) is 0 Å². The Morgan fingerprint density at radius 3 is 1.55 bits per heavy atom. The lowest BCUT2D eigenvalue weighted by Gasteiger charge is -1.85. The van der Waals surface area contributed by atoms with Crippen LogP contribution in [0.5, 0.6) is 0 Å². The fourth-order valence-corrected chi connectivity index (χ4v) is 0.214. The van der Waals surface area contributed by atoms with Gasteiger partial charge in [-0.1, -0.05) is 12.6 Å². The van der Waals surface area contributed by atoms with Gasteiger partial charge < -0.3 is 10.2 Å². The molecule has 0 heterocycles. The summed E-state index contributed by atoms with van der Waals surface area (Å²) < 4.78 is 0. The van der Waals surface area contributed by atoms with Gasteiger partial charge in [-0.15, -0.1) is 0 Å². The van der Waals surface area contributed by atoms with Gasteiger partial charge in [-0.05, 0) is 0 Å². The minimum atomic E-state index is -1.08. The van der Waals surface area contributed by atoms with Gasteiger partial charge in [0.1, 0.15) is 5.40 Å². The summed E-state index contributed by atoms with van der Waals surface area (Å²) in [7, 11) is 0. The van der Waals surface area contributed by atoms with Crippen molar-refractivity contribution < 1.29 is 19.8 Å². The molecule has 0 rings (SSSR count). The van der Waals surface area contributed by atoms with Crippen molar-refractivity contribution in [2.75, 3.05) is 0 Å². The topological polar surface area (TPSA) is 98.4 Å². The van der Waals surface area contributed by atoms with Crippen molar-refractivity contribution >= 4 is 24.6 Å². The van der Waals surface area contributed by atoms with E-state index in [1.165, 1.54) is 5.40 Å². The summed E-state index contributed by atoms with van der Waals surface area (Å²) in [5.74, 6) is -2.15. The molecule has 0 aromatic heterocycles. The van der Waals surface area contributed by atoms with E-state index in [1.807, 2.05) is 0 Å². The van der Waals surface area contributed by atoms with E-state index in [0.717, 1.165) is 0 Å². The highest BCUT2D eigenvalue weighted by Gasteiger charge is 2.00. The van der Waals surface area contributed by atoms with Crippen LogP contribution < -0.4 is 0 Å². The highest BCUT2D eigenvalue weighted by atomic mass is 32.1. The number of hydrogen-bond acceptors (Lipinski definition) is 4. The zero-order chi connectivity index (χ0) is 9.28. The number of carboxylic acids is 2. The largest absolute Gasteiger partial charge is 0.481 e. The van der Waals surface area contributed by atoms with E-state index >= 15 is 0 Å². The Labute approximate surface area is 68.7 Å². The molecule has 6 heteroatoms. The molecule has 0 spiro atoms. The second kappa shape index (κ2) is 8.78. The Hall–Kier alpha value is -1.22. The van der Waals surface area contributed by atoms with E-state index in [-0.39, 0.29) is 12.8 Å². The number of nitrogens with zero attached hydrogens (tertiary/aromatic N) is 1. The average molecular weight is 177 g/mol. The lowest BCUT2D eigenvalue weighted by molar-refractivity contribution is -0.143. The molecule has 0 saturated heterocycles. The van der Waals surface area contributed by atoms with Crippen LogP contribution in [0.4, 0.5) is 0 Å². The van der Waals surface area contributed by atoms with Crippen molar-refractivity contribution in [3.63, 3.8) is 0 Å². The first-order valence-corrected chi connectivity index (χ1v) is 2.96. The molecular formula is C5H7NO4S. The van der Waals surface area contributed by atoms with Crippen LogP contribution in [-0.4, -0.2) is 22.2 Å². The molecule has 0 radical (unpaired) electrons. The SMILES string of the molecule is N#CS.O=C(O)CCC(=O)O. The first kappa shape index (κ1) is 12.5. The lowest BCUT2D eigenvalue weighted by Crippen LogP contribution is -2.00. The van der Waals surface area contributed by atoms with Crippen molar-refractivity contribution in [3.8, 4) is 5.40 Å². The molecule has 11 heavy (non-hydrogen) atoms. The van der Waals surface area contributed by atoms with E-state index in [9.17, 15) is 9.59 Å². The minimum Gasteiger partial charge on any atom is -0.481 e. The molecule has 0 atom stereocenters. The van der Waals surface area contributed by atoms with Crippen LogP contribution in [0.15, 0.2) is 0 Å². The second-order valence-electron chi connectivity index (χ2n) is 1.39. The Bertz CT molecular complexity index is 160. The van der Waals surface area contributed by atoms with Crippen molar-refractivity contribution in [3.05, 3.63) is 0 Å². The summed E-state index contributed by atoms with van der Waals surface area (Å²) in [6.45, 7) is 0. The monoisotopic (exact) mass is 177 g/mol. The van der Waals surface area contributed by atoms with Crippen LogP contribution >= 0.6 is 12.6 Å². The van der Waals surface area contributed by atoms with Gasteiger partial charge >= 0.3 is 11.9 Å². The number of carboxylic acid groups (broad SMARTS) is 2. The summed E-state index contributed by atoms with van der Waals surface area (Å²) >= 11 is 3.09. The number of aliphatic carboxylic acids is 2. The molecular weight excluding hydrogens is 170 g/mol. The number of rotatable bonds is 3. The molecule has 0 aliphatic heterocycles. The summed E-state index contributed by atoms with van der Waals surface area (Å²) in [6.07, 6.45) is -0.593. The Morgan fingerprint density at radius 1 is 1.27 bits per heavy atom. The van der Waals surface area contributed by atoms with E-state index in [1.54, 1.807) is 0 Å². The third-order valence-electron chi connectivity index (χ3n) is 0.553. The summed E-state index contributed by atoms with van der Waals surface area (Å²) in [5, 5.41) is 24.4. The van der Waals surface area contributed by atoms with Gasteiger partial charge in [0.2, 0.25) is 0 Å². The maximum atomic E-state index is 9.64. The molecule has 62 valence electrons. The van der Waals surface area contributed by atoms with Gasteiger partial charge in [0, 0.05) is 0 Å². The molecule has 0 aliphatic carbocycles. The summed E-state index contributed by atoms with van der Waals surface area (Å²) in [5.41, 5.74) is 0. The first-order chi connectivity index (χ1) is 5.04. The predicted octanol–water partition coefficient (Wildman–Crippen LogP) is 0.333.